The number of allylic oxidation sites excluding steroid dienone is 3. The van der Waals surface area contributed by atoms with E-state index in [1.54, 1.807) is 6.08 Å². The molecule has 0 aliphatic carbocycles. The fourth-order valence-electron chi connectivity index (χ4n) is 0.301. The fourth-order valence-corrected chi connectivity index (χ4v) is 0.301. The van der Waals surface area contributed by atoms with Crippen LogP contribution in [0.15, 0.2) is 24.8 Å². The van der Waals surface area contributed by atoms with E-state index in [9.17, 15) is 0 Å². The average Bonchev–Trinajstić information content (AvgIpc) is 1.83. The highest BCUT2D eigenvalue weighted by Crippen LogP contribution is 1.92. The van der Waals surface area contributed by atoms with Crippen LogP contribution in [0.5, 0.6) is 0 Å². The zero-order valence-corrected chi connectivity index (χ0v) is 5.09. The molecule has 0 aromatic carbocycles. The molecule has 0 heterocycles. The Kier molecular flexibility index (Phi) is 8.54. The first-order valence-corrected chi connectivity index (χ1v) is 2.56. The van der Waals surface area contributed by atoms with Gasteiger partial charge in [-0.15, -0.1) is 6.42 Å². The van der Waals surface area contributed by atoms with Gasteiger partial charge in [-0.2, -0.15) is 0 Å². The molecule has 0 aliphatic heterocycles. The minimum Gasteiger partial charge on any atom is -0.119 e. The van der Waals surface area contributed by atoms with Gasteiger partial charge in [0.1, 0.15) is 0 Å². The lowest BCUT2D eigenvalue weighted by atomic mass is 10.2. The predicted molar refractivity (Wildman–Crippen MR) is 44.1 cm³/mol. The molecule has 0 spiro atoms. The van der Waals surface area contributed by atoms with Gasteiger partial charge >= 0.3 is 0 Å². The van der Waals surface area contributed by atoms with Crippen molar-refractivity contribution in [2.75, 3.05) is 0 Å². The van der Waals surface area contributed by atoms with E-state index >= 15 is 0 Å². The molecule has 0 bridgehead atoms. The summed E-state index contributed by atoms with van der Waals surface area (Å²) in [5.41, 5.74) is 0. The van der Waals surface area contributed by atoms with E-state index in [1.165, 1.54) is 0 Å². The normalized spacial score (nSPS) is 11.6. The Labute approximate surface area is 58.3 Å². The van der Waals surface area contributed by atoms with E-state index in [-0.39, 0.29) is 13.3 Å². The number of hydrogen-bond acceptors (Lipinski definition) is 0. The standard InChI is InChI=1S/C8H10.CH4/c1-4-6-7-8(3)5-2;/h2,4,6-8H,1H2,3H3;1H4/b7-6-;. The summed E-state index contributed by atoms with van der Waals surface area (Å²) in [5, 5.41) is 0. The van der Waals surface area contributed by atoms with E-state index in [2.05, 4.69) is 12.5 Å². The molecule has 0 aromatic heterocycles. The molecule has 0 radical (unpaired) electrons. The molecule has 0 aromatic rings. The lowest BCUT2D eigenvalue weighted by Crippen LogP contribution is -1.78. The lowest BCUT2D eigenvalue weighted by Gasteiger charge is -1.87. The maximum absolute atomic E-state index is 5.08. The second kappa shape index (κ2) is 7.04. The average molecular weight is 122 g/mol. The van der Waals surface area contributed by atoms with Crippen molar-refractivity contribution in [2.45, 2.75) is 14.4 Å². The summed E-state index contributed by atoms with van der Waals surface area (Å²) in [7, 11) is 0. The van der Waals surface area contributed by atoms with Gasteiger partial charge < -0.3 is 0 Å². The van der Waals surface area contributed by atoms with E-state index in [0.29, 0.717) is 0 Å². The van der Waals surface area contributed by atoms with Crippen molar-refractivity contribution in [3.8, 4) is 12.3 Å². The first kappa shape index (κ1) is 10.9. The Morgan fingerprint density at radius 3 is 2.56 bits per heavy atom. The van der Waals surface area contributed by atoms with E-state index in [1.807, 2.05) is 19.1 Å². The third-order valence-corrected chi connectivity index (χ3v) is 0.799. The molecular weight excluding hydrogens is 108 g/mol. The molecule has 0 aliphatic rings. The molecule has 0 fully saturated rings. The molecule has 0 N–H and O–H groups in total. The summed E-state index contributed by atoms with van der Waals surface area (Å²) < 4.78 is 0. The maximum Gasteiger partial charge on any atom is 0.0354 e. The zero-order chi connectivity index (χ0) is 6.41. The van der Waals surface area contributed by atoms with Crippen LogP contribution >= 0.6 is 0 Å². The molecule has 0 rings (SSSR count). The van der Waals surface area contributed by atoms with Crippen LogP contribution < -0.4 is 0 Å². The molecule has 9 heavy (non-hydrogen) atoms. The first-order chi connectivity index (χ1) is 3.81. The van der Waals surface area contributed by atoms with Crippen molar-refractivity contribution >= 4 is 0 Å². The van der Waals surface area contributed by atoms with Crippen LogP contribution in [0.2, 0.25) is 0 Å². The second-order valence-electron chi connectivity index (χ2n) is 1.58. The predicted octanol–water partition coefficient (Wildman–Crippen LogP) is 2.63. The summed E-state index contributed by atoms with van der Waals surface area (Å²) in [6.07, 6.45) is 10.6. The minimum absolute atomic E-state index is 0. The van der Waals surface area contributed by atoms with E-state index < -0.39 is 0 Å². The quantitative estimate of drug-likeness (QED) is 0.390. The number of rotatable bonds is 2. The van der Waals surface area contributed by atoms with E-state index in [4.69, 9.17) is 6.42 Å². The summed E-state index contributed by atoms with van der Waals surface area (Å²) in [4.78, 5) is 0. The molecule has 1 unspecified atom stereocenters. The Hall–Kier alpha value is -0.960. The summed E-state index contributed by atoms with van der Waals surface area (Å²) in [6.45, 7) is 5.47. The largest absolute Gasteiger partial charge is 0.119 e. The first-order valence-electron chi connectivity index (χ1n) is 2.56. The van der Waals surface area contributed by atoms with Gasteiger partial charge in [-0.25, -0.2) is 0 Å². The highest BCUT2D eigenvalue weighted by atomic mass is 13.9. The Bertz CT molecular complexity index is 123. The third-order valence-electron chi connectivity index (χ3n) is 0.799. The molecule has 50 valence electrons. The topological polar surface area (TPSA) is 0 Å². The van der Waals surface area contributed by atoms with Crippen molar-refractivity contribution in [2.24, 2.45) is 5.92 Å². The number of terminal acetylenes is 1. The van der Waals surface area contributed by atoms with Crippen LogP contribution in [0.3, 0.4) is 0 Å². The van der Waals surface area contributed by atoms with Gasteiger partial charge in [0.25, 0.3) is 0 Å². The van der Waals surface area contributed by atoms with Crippen molar-refractivity contribution in [1.29, 1.82) is 0 Å². The SMILES string of the molecule is C.C#CC(C)/C=C\C=C. The van der Waals surface area contributed by atoms with Crippen LogP contribution in [0.1, 0.15) is 14.4 Å². The van der Waals surface area contributed by atoms with Crippen molar-refractivity contribution in [1.82, 2.24) is 0 Å². The van der Waals surface area contributed by atoms with Crippen LogP contribution in [-0.4, -0.2) is 0 Å². The Morgan fingerprint density at radius 1 is 1.67 bits per heavy atom. The second-order valence-corrected chi connectivity index (χ2v) is 1.58. The van der Waals surface area contributed by atoms with Gasteiger partial charge in [-0.05, 0) is 6.92 Å². The molecule has 0 saturated heterocycles. The van der Waals surface area contributed by atoms with Crippen LogP contribution in [0, 0.1) is 18.3 Å². The Morgan fingerprint density at radius 2 is 2.22 bits per heavy atom. The molecule has 0 amide bonds. The van der Waals surface area contributed by atoms with Gasteiger partial charge in [-0.1, -0.05) is 38.2 Å². The highest BCUT2D eigenvalue weighted by molar-refractivity contribution is 5.07. The third kappa shape index (κ3) is 7.04. The van der Waals surface area contributed by atoms with Crippen LogP contribution in [-0.2, 0) is 0 Å². The van der Waals surface area contributed by atoms with Crippen molar-refractivity contribution in [3.63, 3.8) is 0 Å². The summed E-state index contributed by atoms with van der Waals surface area (Å²) in [6, 6.07) is 0. The minimum atomic E-state index is 0. The van der Waals surface area contributed by atoms with Crippen LogP contribution in [0.4, 0.5) is 0 Å². The summed E-state index contributed by atoms with van der Waals surface area (Å²) in [5.74, 6) is 2.79. The van der Waals surface area contributed by atoms with E-state index in [0.717, 1.165) is 0 Å². The monoisotopic (exact) mass is 122 g/mol. The lowest BCUT2D eigenvalue weighted by molar-refractivity contribution is 0.982. The smallest absolute Gasteiger partial charge is 0.0354 e. The molecule has 1 atom stereocenters. The van der Waals surface area contributed by atoms with Crippen molar-refractivity contribution < 1.29 is 0 Å². The number of hydrogen-bond donors (Lipinski definition) is 0. The maximum atomic E-state index is 5.08. The van der Waals surface area contributed by atoms with Gasteiger partial charge in [0, 0.05) is 5.92 Å². The van der Waals surface area contributed by atoms with Crippen LogP contribution in [0.25, 0.3) is 0 Å². The molecular formula is C9H14. The summed E-state index contributed by atoms with van der Waals surface area (Å²) >= 11 is 0. The van der Waals surface area contributed by atoms with Gasteiger partial charge in [0.05, 0.1) is 0 Å². The Balaban J connectivity index is 0. The molecule has 0 saturated carbocycles. The fraction of sp³-hybridized carbons (Fsp3) is 0.333. The van der Waals surface area contributed by atoms with Gasteiger partial charge in [0.2, 0.25) is 0 Å². The van der Waals surface area contributed by atoms with Gasteiger partial charge in [-0.3, -0.25) is 0 Å². The molecule has 0 nitrogen and oxygen atoms in total. The van der Waals surface area contributed by atoms with Gasteiger partial charge in [0.15, 0.2) is 0 Å². The van der Waals surface area contributed by atoms with Crippen molar-refractivity contribution in [3.05, 3.63) is 24.8 Å². The molecule has 0 heteroatoms. The highest BCUT2D eigenvalue weighted by Gasteiger charge is 1.82. The zero-order valence-electron chi connectivity index (χ0n) is 5.09.